The number of carbonyl (C=O) groups excluding carboxylic acids is 4. The maximum atomic E-state index is 12.9. The Hall–Kier alpha value is -3.20. The van der Waals surface area contributed by atoms with Crippen LogP contribution in [0, 0.1) is 5.92 Å². The van der Waals surface area contributed by atoms with E-state index in [9.17, 15) is 19.2 Å². The average Bonchev–Trinajstić information content (AvgIpc) is 2.75. The van der Waals surface area contributed by atoms with E-state index in [2.05, 4.69) is 10.6 Å². The molecule has 0 spiro atoms. The van der Waals surface area contributed by atoms with Crippen LogP contribution in [0.1, 0.15) is 45.6 Å². The summed E-state index contributed by atoms with van der Waals surface area (Å²) < 4.78 is 4.82. The highest BCUT2D eigenvalue weighted by atomic mass is 16.5. The topological polar surface area (TPSA) is 154 Å². The molecule has 0 fully saturated rings. The van der Waals surface area contributed by atoms with Crippen molar-refractivity contribution in [3.63, 3.8) is 0 Å². The Kier molecular flexibility index (Phi) is 12.5. The number of ether oxygens (including phenoxy) is 1. The molecule has 0 aromatic heterocycles. The molecule has 0 aliphatic heterocycles. The number of benzene rings is 1. The molecule has 0 radical (unpaired) electrons. The molecule has 0 bridgehead atoms. The third-order valence-corrected chi connectivity index (χ3v) is 4.80. The third kappa shape index (κ3) is 11.3. The molecule has 0 saturated carbocycles. The standard InChI is InChI=1S/C24H36N4O5/c1-4-33-21(29)13-9-8-12-19(24(32)28-20(22(26)30)14-16(2)3)27-23(31)18(25)15-17-10-6-5-7-11-17/h5-7,9-11,13,16,18-20H,4,8,12,14-15,25H2,1-3H3,(H2,26,30)(H,27,31)(H,28,32)/b13-9+/t18-,19-,20-/m0/s1. The molecule has 1 aromatic rings. The summed E-state index contributed by atoms with van der Waals surface area (Å²) in [6, 6.07) is 6.62. The Labute approximate surface area is 195 Å². The average molecular weight is 461 g/mol. The minimum Gasteiger partial charge on any atom is -0.463 e. The van der Waals surface area contributed by atoms with Crippen LogP contribution in [-0.2, 0) is 30.3 Å². The van der Waals surface area contributed by atoms with Gasteiger partial charge in [0, 0.05) is 6.08 Å². The number of hydrogen-bond donors (Lipinski definition) is 4. The quantitative estimate of drug-likeness (QED) is 0.239. The molecule has 3 amide bonds. The smallest absolute Gasteiger partial charge is 0.330 e. The highest BCUT2D eigenvalue weighted by Crippen LogP contribution is 2.08. The first kappa shape index (κ1) is 27.8. The van der Waals surface area contributed by atoms with Gasteiger partial charge >= 0.3 is 5.97 Å². The predicted molar refractivity (Wildman–Crippen MR) is 126 cm³/mol. The number of carbonyl (C=O) groups is 4. The summed E-state index contributed by atoms with van der Waals surface area (Å²) in [6.45, 7) is 5.77. The molecule has 9 heteroatoms. The van der Waals surface area contributed by atoms with Crippen molar-refractivity contribution in [1.29, 1.82) is 0 Å². The highest BCUT2D eigenvalue weighted by molar-refractivity contribution is 5.92. The molecule has 9 nitrogen and oxygen atoms in total. The van der Waals surface area contributed by atoms with Crippen LogP contribution < -0.4 is 22.1 Å². The minimum atomic E-state index is -0.958. The molecule has 182 valence electrons. The number of allylic oxidation sites excluding steroid dienone is 1. The van der Waals surface area contributed by atoms with Gasteiger partial charge in [0.2, 0.25) is 17.7 Å². The van der Waals surface area contributed by atoms with E-state index in [1.165, 1.54) is 6.08 Å². The summed E-state index contributed by atoms with van der Waals surface area (Å²) in [4.78, 5) is 48.8. The van der Waals surface area contributed by atoms with Gasteiger partial charge in [-0.3, -0.25) is 14.4 Å². The largest absolute Gasteiger partial charge is 0.463 e. The second-order valence-electron chi connectivity index (χ2n) is 8.18. The molecular formula is C24H36N4O5. The maximum absolute atomic E-state index is 12.9. The number of esters is 1. The lowest BCUT2D eigenvalue weighted by molar-refractivity contribution is -0.137. The van der Waals surface area contributed by atoms with Crippen molar-refractivity contribution in [1.82, 2.24) is 10.6 Å². The van der Waals surface area contributed by atoms with E-state index >= 15 is 0 Å². The van der Waals surface area contributed by atoms with E-state index in [0.717, 1.165) is 5.56 Å². The Morgan fingerprint density at radius 1 is 1.03 bits per heavy atom. The van der Waals surface area contributed by atoms with Crippen LogP contribution in [0.3, 0.4) is 0 Å². The van der Waals surface area contributed by atoms with E-state index in [1.54, 1.807) is 13.0 Å². The number of hydrogen-bond acceptors (Lipinski definition) is 6. The first-order valence-corrected chi connectivity index (χ1v) is 11.2. The predicted octanol–water partition coefficient (Wildman–Crippen LogP) is 0.957. The van der Waals surface area contributed by atoms with Gasteiger partial charge in [-0.15, -0.1) is 0 Å². The number of primary amides is 1. The van der Waals surface area contributed by atoms with Gasteiger partial charge in [-0.05, 0) is 44.1 Å². The van der Waals surface area contributed by atoms with Gasteiger partial charge in [-0.2, -0.15) is 0 Å². The molecule has 0 aliphatic rings. The molecule has 0 saturated heterocycles. The van der Waals surface area contributed by atoms with Crippen LogP contribution in [0.5, 0.6) is 0 Å². The van der Waals surface area contributed by atoms with Crippen LogP contribution in [0.4, 0.5) is 0 Å². The fourth-order valence-corrected chi connectivity index (χ4v) is 3.13. The fourth-order valence-electron chi connectivity index (χ4n) is 3.13. The molecule has 0 unspecified atom stereocenters. The SMILES string of the molecule is CCOC(=O)/C=C/CC[C@H](NC(=O)[C@@H](N)Cc1ccccc1)C(=O)N[C@@H](CC(C)C)C(N)=O. The van der Waals surface area contributed by atoms with Crippen molar-refractivity contribution in [2.45, 2.75) is 64.6 Å². The van der Waals surface area contributed by atoms with Gasteiger partial charge in [-0.25, -0.2) is 4.79 Å². The molecule has 6 N–H and O–H groups in total. The van der Waals surface area contributed by atoms with Gasteiger partial charge in [-0.1, -0.05) is 50.3 Å². The van der Waals surface area contributed by atoms with E-state index in [0.29, 0.717) is 19.3 Å². The maximum Gasteiger partial charge on any atom is 0.330 e. The van der Waals surface area contributed by atoms with Gasteiger partial charge in [0.15, 0.2) is 0 Å². The van der Waals surface area contributed by atoms with Crippen molar-refractivity contribution in [3.8, 4) is 0 Å². The lowest BCUT2D eigenvalue weighted by Gasteiger charge is -2.24. The van der Waals surface area contributed by atoms with E-state index in [-0.39, 0.29) is 18.9 Å². The molecule has 3 atom stereocenters. The third-order valence-electron chi connectivity index (χ3n) is 4.80. The Morgan fingerprint density at radius 3 is 2.24 bits per heavy atom. The monoisotopic (exact) mass is 460 g/mol. The van der Waals surface area contributed by atoms with E-state index < -0.39 is 41.8 Å². The lowest BCUT2D eigenvalue weighted by Crippen LogP contribution is -2.55. The van der Waals surface area contributed by atoms with Crippen molar-refractivity contribution >= 4 is 23.7 Å². The Bertz CT molecular complexity index is 810. The number of nitrogens with one attached hydrogen (secondary N) is 2. The van der Waals surface area contributed by atoms with Gasteiger partial charge in [0.25, 0.3) is 0 Å². The number of amides is 3. The van der Waals surface area contributed by atoms with Crippen LogP contribution in [-0.4, -0.2) is 48.4 Å². The number of nitrogens with two attached hydrogens (primary N) is 2. The first-order valence-electron chi connectivity index (χ1n) is 11.2. The molecule has 1 aromatic carbocycles. The zero-order valence-electron chi connectivity index (χ0n) is 19.6. The van der Waals surface area contributed by atoms with Crippen molar-refractivity contribution in [2.24, 2.45) is 17.4 Å². The summed E-state index contributed by atoms with van der Waals surface area (Å²) in [5, 5.41) is 5.30. The molecule has 0 aliphatic carbocycles. The Morgan fingerprint density at radius 2 is 1.67 bits per heavy atom. The Balaban J connectivity index is 2.86. The first-order chi connectivity index (χ1) is 15.6. The van der Waals surface area contributed by atoms with Crippen molar-refractivity contribution in [3.05, 3.63) is 48.0 Å². The molecule has 0 heterocycles. The lowest BCUT2D eigenvalue weighted by atomic mass is 10.0. The highest BCUT2D eigenvalue weighted by Gasteiger charge is 2.27. The van der Waals surface area contributed by atoms with Gasteiger partial charge in [0.1, 0.15) is 12.1 Å². The summed E-state index contributed by atoms with van der Waals surface area (Å²) in [5.74, 6) is -2.04. The van der Waals surface area contributed by atoms with Crippen LogP contribution >= 0.6 is 0 Å². The minimum absolute atomic E-state index is 0.127. The normalized spacial score (nSPS) is 13.8. The second kappa shape index (κ2) is 14.8. The van der Waals surface area contributed by atoms with Gasteiger partial charge < -0.3 is 26.8 Å². The zero-order valence-corrected chi connectivity index (χ0v) is 19.6. The summed E-state index contributed by atoms with van der Waals surface area (Å²) >= 11 is 0. The van der Waals surface area contributed by atoms with Crippen molar-refractivity contribution < 1.29 is 23.9 Å². The van der Waals surface area contributed by atoms with Crippen molar-refractivity contribution in [2.75, 3.05) is 6.61 Å². The fraction of sp³-hybridized carbons (Fsp3) is 0.500. The van der Waals surface area contributed by atoms with Gasteiger partial charge in [0.05, 0.1) is 12.6 Å². The van der Waals surface area contributed by atoms with E-state index in [1.807, 2.05) is 44.2 Å². The molecular weight excluding hydrogens is 424 g/mol. The summed E-state index contributed by atoms with van der Waals surface area (Å²) in [6.07, 6.45) is 4.02. The second-order valence-corrected chi connectivity index (χ2v) is 8.18. The van der Waals surface area contributed by atoms with Crippen LogP contribution in [0.15, 0.2) is 42.5 Å². The molecule has 33 heavy (non-hydrogen) atoms. The van der Waals surface area contributed by atoms with E-state index in [4.69, 9.17) is 16.2 Å². The number of rotatable bonds is 14. The van der Waals surface area contributed by atoms with Crippen LogP contribution in [0.2, 0.25) is 0 Å². The summed E-state index contributed by atoms with van der Waals surface area (Å²) in [7, 11) is 0. The zero-order chi connectivity index (χ0) is 24.8. The van der Waals surface area contributed by atoms with Crippen LogP contribution in [0.25, 0.3) is 0 Å². The summed E-state index contributed by atoms with van der Waals surface area (Å²) in [5.41, 5.74) is 12.4. The molecule has 1 rings (SSSR count).